The van der Waals surface area contributed by atoms with E-state index in [1.54, 1.807) is 6.20 Å². The molecule has 2 nitrogen and oxygen atoms in total. The quantitative estimate of drug-likeness (QED) is 0.608. The van der Waals surface area contributed by atoms with Gasteiger partial charge in [-0.3, -0.25) is 9.98 Å². The van der Waals surface area contributed by atoms with Crippen molar-refractivity contribution in [1.82, 2.24) is 4.98 Å². The van der Waals surface area contributed by atoms with Gasteiger partial charge in [0.15, 0.2) is 0 Å². The van der Waals surface area contributed by atoms with Crippen LogP contribution >= 0.6 is 0 Å². The molecule has 0 aliphatic heterocycles. The second-order valence-electron chi connectivity index (χ2n) is 3.51. The summed E-state index contributed by atoms with van der Waals surface area (Å²) >= 11 is 0. The van der Waals surface area contributed by atoms with Crippen LogP contribution in [0.4, 0.5) is 0 Å². The van der Waals surface area contributed by atoms with E-state index in [0.717, 1.165) is 5.69 Å². The SMILES string of the molecule is CC1(N=Cc2ccccn2)CC1. The Labute approximate surface area is 72.4 Å². The third-order valence-electron chi connectivity index (χ3n) is 2.17. The molecule has 0 spiro atoms. The zero-order valence-electron chi connectivity index (χ0n) is 7.20. The van der Waals surface area contributed by atoms with E-state index in [2.05, 4.69) is 16.9 Å². The summed E-state index contributed by atoms with van der Waals surface area (Å²) in [7, 11) is 0. The Morgan fingerprint density at radius 1 is 1.50 bits per heavy atom. The standard InChI is InChI=1S/C10H12N2/c1-10(5-6-10)12-8-9-4-2-3-7-11-9/h2-4,7-8H,5-6H2,1H3. The lowest BCUT2D eigenvalue weighted by Gasteiger charge is -1.97. The Morgan fingerprint density at radius 2 is 2.33 bits per heavy atom. The first-order chi connectivity index (χ1) is 5.79. The van der Waals surface area contributed by atoms with Gasteiger partial charge in [0.1, 0.15) is 0 Å². The predicted octanol–water partition coefficient (Wildman–Crippen LogP) is 2.05. The highest BCUT2D eigenvalue weighted by molar-refractivity contribution is 5.77. The van der Waals surface area contributed by atoms with Crippen molar-refractivity contribution in [1.29, 1.82) is 0 Å². The molecule has 0 saturated heterocycles. The van der Waals surface area contributed by atoms with Crippen molar-refractivity contribution >= 4 is 6.21 Å². The zero-order valence-corrected chi connectivity index (χ0v) is 7.20. The fraction of sp³-hybridized carbons (Fsp3) is 0.400. The predicted molar refractivity (Wildman–Crippen MR) is 49.5 cm³/mol. The molecule has 1 aliphatic carbocycles. The first-order valence-corrected chi connectivity index (χ1v) is 4.25. The minimum absolute atomic E-state index is 0.234. The van der Waals surface area contributed by atoms with E-state index in [1.807, 2.05) is 24.4 Å². The summed E-state index contributed by atoms with van der Waals surface area (Å²) in [5.41, 5.74) is 1.18. The van der Waals surface area contributed by atoms with Gasteiger partial charge in [0.05, 0.1) is 11.2 Å². The maximum Gasteiger partial charge on any atom is 0.0808 e. The van der Waals surface area contributed by atoms with Crippen molar-refractivity contribution in [3.8, 4) is 0 Å². The van der Waals surface area contributed by atoms with Crippen molar-refractivity contribution in [3.05, 3.63) is 30.1 Å². The molecule has 1 fully saturated rings. The highest BCUT2D eigenvalue weighted by Crippen LogP contribution is 2.38. The maximum absolute atomic E-state index is 4.45. The highest BCUT2D eigenvalue weighted by atomic mass is 14.9. The van der Waals surface area contributed by atoms with E-state index in [9.17, 15) is 0 Å². The number of pyridine rings is 1. The molecule has 1 aromatic rings. The minimum Gasteiger partial charge on any atom is -0.285 e. The number of nitrogens with zero attached hydrogens (tertiary/aromatic N) is 2. The topological polar surface area (TPSA) is 25.2 Å². The first-order valence-electron chi connectivity index (χ1n) is 4.25. The Morgan fingerprint density at radius 3 is 2.92 bits per heavy atom. The summed E-state index contributed by atoms with van der Waals surface area (Å²) in [4.78, 5) is 8.61. The summed E-state index contributed by atoms with van der Waals surface area (Å²) in [6.07, 6.45) is 6.09. The fourth-order valence-electron chi connectivity index (χ4n) is 0.984. The van der Waals surface area contributed by atoms with Gasteiger partial charge in [-0.2, -0.15) is 0 Å². The molecule has 0 unspecified atom stereocenters. The maximum atomic E-state index is 4.45. The van der Waals surface area contributed by atoms with Crippen molar-refractivity contribution in [2.75, 3.05) is 0 Å². The molecule has 1 heterocycles. The van der Waals surface area contributed by atoms with Crippen LogP contribution in [0.1, 0.15) is 25.5 Å². The molecule has 2 heteroatoms. The van der Waals surface area contributed by atoms with Crippen LogP contribution in [-0.4, -0.2) is 16.7 Å². The van der Waals surface area contributed by atoms with E-state index in [1.165, 1.54) is 12.8 Å². The molecule has 62 valence electrons. The molecule has 0 amide bonds. The highest BCUT2D eigenvalue weighted by Gasteiger charge is 2.36. The number of aliphatic imine (C=N–C) groups is 1. The number of hydrogen-bond acceptors (Lipinski definition) is 2. The molecule has 0 atom stereocenters. The number of aromatic nitrogens is 1. The normalized spacial score (nSPS) is 19.8. The lowest BCUT2D eigenvalue weighted by molar-refractivity contribution is 0.769. The molecule has 1 aliphatic rings. The second kappa shape index (κ2) is 2.70. The van der Waals surface area contributed by atoms with Crippen molar-refractivity contribution in [2.45, 2.75) is 25.3 Å². The Hall–Kier alpha value is -1.18. The van der Waals surface area contributed by atoms with Crippen LogP contribution in [0.5, 0.6) is 0 Å². The Balaban J connectivity index is 2.08. The monoisotopic (exact) mass is 160 g/mol. The van der Waals surface area contributed by atoms with Crippen LogP contribution in [0.15, 0.2) is 29.4 Å². The summed E-state index contributed by atoms with van der Waals surface area (Å²) in [5, 5.41) is 0. The van der Waals surface area contributed by atoms with Crippen LogP contribution in [0.3, 0.4) is 0 Å². The van der Waals surface area contributed by atoms with E-state index >= 15 is 0 Å². The van der Waals surface area contributed by atoms with Gasteiger partial charge in [-0.15, -0.1) is 0 Å². The van der Waals surface area contributed by atoms with Gasteiger partial charge >= 0.3 is 0 Å². The van der Waals surface area contributed by atoms with Crippen molar-refractivity contribution in [3.63, 3.8) is 0 Å². The molecule has 0 bridgehead atoms. The Bertz CT molecular complexity index is 286. The van der Waals surface area contributed by atoms with Crippen LogP contribution in [0.25, 0.3) is 0 Å². The molecule has 0 N–H and O–H groups in total. The van der Waals surface area contributed by atoms with E-state index < -0.39 is 0 Å². The van der Waals surface area contributed by atoms with Crippen LogP contribution in [-0.2, 0) is 0 Å². The third-order valence-corrected chi connectivity index (χ3v) is 2.17. The third kappa shape index (κ3) is 1.70. The van der Waals surface area contributed by atoms with Crippen LogP contribution < -0.4 is 0 Å². The summed E-state index contributed by atoms with van der Waals surface area (Å²) in [5.74, 6) is 0. The van der Waals surface area contributed by atoms with E-state index in [0.29, 0.717) is 0 Å². The summed E-state index contributed by atoms with van der Waals surface area (Å²) < 4.78 is 0. The van der Waals surface area contributed by atoms with Crippen LogP contribution in [0.2, 0.25) is 0 Å². The fourth-order valence-corrected chi connectivity index (χ4v) is 0.984. The smallest absolute Gasteiger partial charge is 0.0808 e. The molecule has 12 heavy (non-hydrogen) atoms. The summed E-state index contributed by atoms with van der Waals surface area (Å²) in [6.45, 7) is 2.17. The average Bonchev–Trinajstić information content (AvgIpc) is 2.84. The second-order valence-corrected chi connectivity index (χ2v) is 3.51. The molecule has 0 radical (unpaired) electrons. The van der Waals surface area contributed by atoms with Gasteiger partial charge < -0.3 is 0 Å². The number of rotatable bonds is 2. The lowest BCUT2D eigenvalue weighted by Crippen LogP contribution is -1.97. The zero-order chi connectivity index (χ0) is 8.44. The largest absolute Gasteiger partial charge is 0.285 e. The van der Waals surface area contributed by atoms with Gasteiger partial charge in [-0.05, 0) is 31.9 Å². The molecular formula is C10H12N2. The van der Waals surface area contributed by atoms with Crippen LogP contribution in [0, 0.1) is 0 Å². The van der Waals surface area contributed by atoms with Crippen molar-refractivity contribution in [2.24, 2.45) is 4.99 Å². The van der Waals surface area contributed by atoms with E-state index in [4.69, 9.17) is 0 Å². The van der Waals surface area contributed by atoms with Gasteiger partial charge in [-0.25, -0.2) is 0 Å². The lowest BCUT2D eigenvalue weighted by atomic mass is 10.3. The van der Waals surface area contributed by atoms with E-state index in [-0.39, 0.29) is 5.54 Å². The Kier molecular flexibility index (Phi) is 1.68. The number of hydrogen-bond donors (Lipinski definition) is 0. The molecular weight excluding hydrogens is 148 g/mol. The molecule has 2 rings (SSSR count). The van der Waals surface area contributed by atoms with Gasteiger partial charge in [0.25, 0.3) is 0 Å². The van der Waals surface area contributed by atoms with Gasteiger partial charge in [-0.1, -0.05) is 6.07 Å². The minimum atomic E-state index is 0.234. The molecule has 0 aromatic carbocycles. The first kappa shape index (κ1) is 7.47. The van der Waals surface area contributed by atoms with Gasteiger partial charge in [0, 0.05) is 12.4 Å². The molecule has 1 aromatic heterocycles. The average molecular weight is 160 g/mol. The summed E-state index contributed by atoms with van der Waals surface area (Å²) in [6, 6.07) is 5.86. The van der Waals surface area contributed by atoms with Gasteiger partial charge in [0.2, 0.25) is 0 Å². The van der Waals surface area contributed by atoms with Crippen molar-refractivity contribution < 1.29 is 0 Å². The molecule has 1 saturated carbocycles.